The molecule has 7 nitrogen and oxygen atoms in total. The Hall–Kier alpha value is -4.49. The zero-order chi connectivity index (χ0) is 29.8. The number of nitrogens with zero attached hydrogens (tertiary/aromatic N) is 2. The first-order valence-corrected chi connectivity index (χ1v) is 15.0. The van der Waals surface area contributed by atoms with Crippen molar-refractivity contribution >= 4 is 23.5 Å². The molecule has 0 aromatic heterocycles. The molecule has 0 saturated carbocycles. The summed E-state index contributed by atoms with van der Waals surface area (Å²) in [7, 11) is 1.44. The van der Waals surface area contributed by atoms with Gasteiger partial charge in [0.15, 0.2) is 12.2 Å². The molecule has 6 rings (SSSR count). The third-order valence-electron chi connectivity index (χ3n) is 9.11. The topological polar surface area (TPSA) is 81.9 Å². The number of likely N-dealkylation sites (tertiary alicyclic amines) is 1. The van der Waals surface area contributed by atoms with Gasteiger partial charge in [-0.25, -0.2) is 0 Å². The predicted molar refractivity (Wildman–Crippen MR) is 168 cm³/mol. The molecule has 3 aromatic carbocycles. The Balaban J connectivity index is 1.21. The summed E-state index contributed by atoms with van der Waals surface area (Å²) >= 11 is 0. The van der Waals surface area contributed by atoms with E-state index in [1.807, 2.05) is 78.9 Å². The van der Waals surface area contributed by atoms with Crippen LogP contribution >= 0.6 is 0 Å². The summed E-state index contributed by atoms with van der Waals surface area (Å²) in [5, 5.41) is 14.6. The molecule has 2 aliphatic heterocycles. The van der Waals surface area contributed by atoms with Crippen LogP contribution < -0.4 is 5.32 Å². The van der Waals surface area contributed by atoms with Crippen molar-refractivity contribution in [1.29, 1.82) is 0 Å². The van der Waals surface area contributed by atoms with Gasteiger partial charge < -0.3 is 15.2 Å². The summed E-state index contributed by atoms with van der Waals surface area (Å²) in [4.78, 5) is 27.4. The SMILES string of the molecule is COC(=O)CN1CCC2(CC[N+](=C(O)c3ccc(NC(=O)c4ccccc4-c4ccccc4)cc3)C3=CC=CCC3C2)C1. The number of esters is 1. The van der Waals surface area contributed by atoms with Crippen LogP contribution in [-0.4, -0.2) is 65.6 Å². The van der Waals surface area contributed by atoms with E-state index in [4.69, 9.17) is 4.74 Å². The molecule has 7 heteroatoms. The largest absolute Gasteiger partial charge is 0.468 e. The normalized spacial score (nSPS) is 22.8. The second-order valence-electron chi connectivity index (χ2n) is 11.9. The van der Waals surface area contributed by atoms with E-state index < -0.39 is 0 Å². The fraction of sp³-hybridized carbons (Fsp3) is 0.306. The number of aliphatic hydroxyl groups is 1. The summed E-state index contributed by atoms with van der Waals surface area (Å²) in [6.45, 7) is 2.78. The number of benzene rings is 3. The molecule has 3 aliphatic rings. The molecule has 0 bridgehead atoms. The zero-order valence-electron chi connectivity index (χ0n) is 24.5. The van der Waals surface area contributed by atoms with Crippen LogP contribution in [0.2, 0.25) is 0 Å². The molecule has 1 amide bonds. The molecule has 2 atom stereocenters. The maximum absolute atomic E-state index is 13.3. The van der Waals surface area contributed by atoms with Crippen LogP contribution in [0.15, 0.2) is 103 Å². The first kappa shape index (κ1) is 28.6. The number of methoxy groups -OCH3 is 1. The van der Waals surface area contributed by atoms with Gasteiger partial charge in [0.25, 0.3) is 5.91 Å². The Morgan fingerprint density at radius 1 is 1.02 bits per heavy atom. The van der Waals surface area contributed by atoms with Crippen LogP contribution in [0.5, 0.6) is 0 Å². The number of rotatable bonds is 6. The van der Waals surface area contributed by atoms with Crippen LogP contribution in [0.25, 0.3) is 11.1 Å². The zero-order valence-corrected chi connectivity index (χ0v) is 24.5. The van der Waals surface area contributed by atoms with E-state index in [0.29, 0.717) is 35.8 Å². The van der Waals surface area contributed by atoms with Crippen molar-refractivity contribution in [3.05, 3.63) is 114 Å². The summed E-state index contributed by atoms with van der Waals surface area (Å²) in [5.41, 5.74) is 5.07. The van der Waals surface area contributed by atoms with Crippen LogP contribution in [0, 0.1) is 11.3 Å². The molecule has 0 radical (unpaired) electrons. The number of nitrogens with one attached hydrogen (secondary N) is 1. The van der Waals surface area contributed by atoms with Gasteiger partial charge in [0.05, 0.1) is 19.2 Å². The molecule has 2 saturated heterocycles. The second-order valence-corrected chi connectivity index (χ2v) is 11.9. The van der Waals surface area contributed by atoms with Gasteiger partial charge in [-0.1, -0.05) is 60.7 Å². The van der Waals surface area contributed by atoms with Crippen molar-refractivity contribution in [2.75, 3.05) is 38.6 Å². The lowest BCUT2D eigenvalue weighted by atomic mass is 9.75. The Kier molecular flexibility index (Phi) is 8.25. The van der Waals surface area contributed by atoms with Crippen LogP contribution in [0.4, 0.5) is 5.69 Å². The van der Waals surface area contributed by atoms with E-state index >= 15 is 0 Å². The molecule has 2 unspecified atom stereocenters. The van der Waals surface area contributed by atoms with E-state index in [0.717, 1.165) is 55.6 Å². The molecule has 2 N–H and O–H groups in total. The lowest BCUT2D eigenvalue weighted by molar-refractivity contribution is -0.491. The van der Waals surface area contributed by atoms with E-state index in [9.17, 15) is 14.7 Å². The van der Waals surface area contributed by atoms with Crippen molar-refractivity contribution < 1.29 is 24.0 Å². The van der Waals surface area contributed by atoms with E-state index in [-0.39, 0.29) is 23.2 Å². The first-order valence-electron chi connectivity index (χ1n) is 15.0. The fourth-order valence-electron chi connectivity index (χ4n) is 6.88. The lowest BCUT2D eigenvalue weighted by Gasteiger charge is -2.29. The smallest absolute Gasteiger partial charge is 0.373 e. The summed E-state index contributed by atoms with van der Waals surface area (Å²) in [6, 6.07) is 24.9. The van der Waals surface area contributed by atoms with Crippen molar-refractivity contribution in [3.63, 3.8) is 0 Å². The standard InChI is InChI=1S/C36H37N3O4/c1-43-33(40)24-38-21-19-36(25-38)20-22-39(32-14-8-5-11-28(32)23-36)35(42)27-15-17-29(18-16-27)37-34(41)31-13-7-6-12-30(31)26-9-3-2-4-10-26/h2-10,12-18,28H,11,19-25H2,1H3,(H,37,41,42)/p+1. The molecule has 3 aromatic rings. The molecule has 2 fully saturated rings. The highest BCUT2D eigenvalue weighted by Gasteiger charge is 2.46. The number of allylic oxidation sites excluding steroid dienone is 4. The highest BCUT2D eigenvalue weighted by molar-refractivity contribution is 6.08. The van der Waals surface area contributed by atoms with Gasteiger partial charge in [-0.05, 0) is 72.7 Å². The number of carbonyl (C=O) groups excluding carboxylic acids is 2. The Morgan fingerprint density at radius 3 is 2.58 bits per heavy atom. The van der Waals surface area contributed by atoms with Crippen LogP contribution in [0.1, 0.15) is 41.6 Å². The maximum atomic E-state index is 13.3. The third-order valence-corrected chi connectivity index (χ3v) is 9.11. The molecule has 2 heterocycles. The van der Waals surface area contributed by atoms with Gasteiger partial charge in [-0.2, -0.15) is 4.58 Å². The number of aliphatic hydroxyl groups excluding tert-OH is 1. The predicted octanol–water partition coefficient (Wildman–Crippen LogP) is 6.04. The van der Waals surface area contributed by atoms with Crippen LogP contribution in [-0.2, 0) is 9.53 Å². The minimum absolute atomic E-state index is 0.0994. The third kappa shape index (κ3) is 6.18. The Morgan fingerprint density at radius 2 is 1.79 bits per heavy atom. The highest BCUT2D eigenvalue weighted by atomic mass is 16.5. The second kappa shape index (κ2) is 12.4. The number of hydrogen-bond donors (Lipinski definition) is 2. The number of carbonyl (C=O) groups is 2. The monoisotopic (exact) mass is 576 g/mol. The minimum Gasteiger partial charge on any atom is -0.468 e. The number of hydrogen-bond acceptors (Lipinski definition) is 4. The molecule has 1 aliphatic carbocycles. The fourth-order valence-corrected chi connectivity index (χ4v) is 6.88. The van der Waals surface area contributed by atoms with Gasteiger partial charge in [0, 0.05) is 36.2 Å². The summed E-state index contributed by atoms with van der Waals surface area (Å²) in [6.07, 6.45) is 10.3. The Bertz CT molecular complexity index is 1590. The van der Waals surface area contributed by atoms with Crippen molar-refractivity contribution in [1.82, 2.24) is 4.90 Å². The molecule has 220 valence electrons. The van der Waals surface area contributed by atoms with Gasteiger partial charge in [0.2, 0.25) is 0 Å². The quantitative estimate of drug-likeness (QED) is 0.212. The van der Waals surface area contributed by atoms with Gasteiger partial charge in [-0.3, -0.25) is 14.5 Å². The number of amides is 1. The van der Waals surface area contributed by atoms with Crippen LogP contribution in [0.3, 0.4) is 0 Å². The van der Waals surface area contributed by atoms with E-state index in [1.165, 1.54) is 7.11 Å². The number of anilines is 1. The van der Waals surface area contributed by atoms with Gasteiger partial charge in [0.1, 0.15) is 0 Å². The maximum Gasteiger partial charge on any atom is 0.373 e. The lowest BCUT2D eigenvalue weighted by Crippen LogP contribution is -2.33. The van der Waals surface area contributed by atoms with E-state index in [1.54, 1.807) is 0 Å². The molecule has 1 spiro atoms. The summed E-state index contributed by atoms with van der Waals surface area (Å²) in [5.74, 6) is 0.147. The molecular weight excluding hydrogens is 538 g/mol. The molecule has 43 heavy (non-hydrogen) atoms. The van der Waals surface area contributed by atoms with E-state index in [2.05, 4.69) is 33.0 Å². The molecular formula is C36H38N3O4+. The van der Waals surface area contributed by atoms with Crippen molar-refractivity contribution in [2.45, 2.75) is 25.7 Å². The summed E-state index contributed by atoms with van der Waals surface area (Å²) < 4.78 is 6.97. The Labute approximate surface area is 252 Å². The average molecular weight is 577 g/mol. The number of ether oxygens (including phenoxy) is 1. The van der Waals surface area contributed by atoms with Crippen molar-refractivity contribution in [2.24, 2.45) is 11.3 Å². The number of fused-ring (bicyclic) bond motifs is 1. The highest BCUT2D eigenvalue weighted by Crippen LogP contribution is 2.45. The first-order chi connectivity index (χ1) is 20.9. The van der Waals surface area contributed by atoms with Gasteiger partial charge >= 0.3 is 11.9 Å². The van der Waals surface area contributed by atoms with Crippen molar-refractivity contribution in [3.8, 4) is 11.1 Å². The average Bonchev–Trinajstić information content (AvgIpc) is 3.35. The van der Waals surface area contributed by atoms with Gasteiger partial charge in [-0.15, -0.1) is 0 Å². The minimum atomic E-state index is -0.195.